The van der Waals surface area contributed by atoms with Crippen molar-refractivity contribution in [3.63, 3.8) is 0 Å². The number of urea groups is 1. The number of hydrogen-bond acceptors (Lipinski definition) is 4. The third kappa shape index (κ3) is 3.62. The largest absolute Gasteiger partial charge is 0.351 e. The molecule has 21 heavy (non-hydrogen) atoms. The van der Waals surface area contributed by atoms with Crippen molar-refractivity contribution < 1.29 is 13.2 Å². The molecule has 1 unspecified atom stereocenters. The van der Waals surface area contributed by atoms with Gasteiger partial charge < -0.3 is 0 Å². The summed E-state index contributed by atoms with van der Waals surface area (Å²) in [5.41, 5.74) is 0. The molecule has 1 aromatic carbocycles. The molecule has 1 aliphatic rings. The Kier molecular flexibility index (Phi) is 5.00. The lowest BCUT2D eigenvalue weighted by atomic mass is 10.1. The standard InChI is InChI=1S/C13H16BrN3O3S/c1-2-5-10-8-9-15-17(10)13(18)16-21(19,20)12-7-4-3-6-11(12)14/h3-4,6-7,9-10H,2,5,8H2,1H3,(H,16,18). The van der Waals surface area contributed by atoms with Crippen LogP contribution >= 0.6 is 15.9 Å². The third-order valence-corrected chi connectivity index (χ3v) is 5.44. The van der Waals surface area contributed by atoms with Gasteiger partial charge in [0.1, 0.15) is 4.90 Å². The number of hydrogen-bond donors (Lipinski definition) is 1. The first-order valence-corrected chi connectivity index (χ1v) is 8.86. The lowest BCUT2D eigenvalue weighted by Gasteiger charge is -2.21. The van der Waals surface area contributed by atoms with Gasteiger partial charge in [0.15, 0.2) is 0 Å². The highest BCUT2D eigenvalue weighted by Gasteiger charge is 2.30. The summed E-state index contributed by atoms with van der Waals surface area (Å²) in [6, 6.07) is 5.52. The Morgan fingerprint density at radius 1 is 1.48 bits per heavy atom. The SMILES string of the molecule is CCCC1CC=NN1C(=O)NS(=O)(=O)c1ccccc1Br. The maximum Gasteiger partial charge on any atom is 0.351 e. The summed E-state index contributed by atoms with van der Waals surface area (Å²) in [5, 5.41) is 5.16. The molecule has 8 heteroatoms. The predicted octanol–water partition coefficient (Wildman–Crippen LogP) is 2.71. The summed E-state index contributed by atoms with van der Waals surface area (Å²) in [5.74, 6) is 0. The summed E-state index contributed by atoms with van der Waals surface area (Å²) in [6.45, 7) is 2.01. The number of hydrazone groups is 1. The molecule has 1 aromatic rings. The Bertz CT molecular complexity index is 660. The van der Waals surface area contributed by atoms with Gasteiger partial charge in [-0.3, -0.25) is 0 Å². The first-order valence-electron chi connectivity index (χ1n) is 6.58. The van der Waals surface area contributed by atoms with E-state index in [9.17, 15) is 13.2 Å². The van der Waals surface area contributed by atoms with Crippen LogP contribution < -0.4 is 4.72 Å². The fourth-order valence-electron chi connectivity index (χ4n) is 2.12. The first kappa shape index (κ1) is 16.0. The van der Waals surface area contributed by atoms with E-state index in [0.717, 1.165) is 12.8 Å². The van der Waals surface area contributed by atoms with Gasteiger partial charge in [0.05, 0.1) is 6.04 Å². The van der Waals surface area contributed by atoms with Crippen LogP contribution in [0, 0.1) is 0 Å². The maximum absolute atomic E-state index is 12.2. The van der Waals surface area contributed by atoms with Crippen molar-refractivity contribution in [3.05, 3.63) is 28.7 Å². The van der Waals surface area contributed by atoms with E-state index in [1.54, 1.807) is 24.4 Å². The second-order valence-electron chi connectivity index (χ2n) is 4.66. The van der Waals surface area contributed by atoms with Crippen LogP contribution in [-0.2, 0) is 10.0 Å². The zero-order chi connectivity index (χ0) is 15.5. The zero-order valence-electron chi connectivity index (χ0n) is 11.5. The van der Waals surface area contributed by atoms with Gasteiger partial charge in [-0.1, -0.05) is 25.5 Å². The van der Waals surface area contributed by atoms with Crippen molar-refractivity contribution in [1.82, 2.24) is 9.73 Å². The molecule has 1 N–H and O–H groups in total. The normalized spacial score (nSPS) is 18.0. The molecule has 2 rings (SSSR count). The minimum absolute atomic E-state index is 0.0218. The second kappa shape index (κ2) is 6.57. The lowest BCUT2D eigenvalue weighted by molar-refractivity contribution is 0.188. The number of rotatable bonds is 4. The van der Waals surface area contributed by atoms with Crippen molar-refractivity contribution in [2.75, 3.05) is 0 Å². The molecule has 1 aliphatic heterocycles. The minimum atomic E-state index is -3.93. The van der Waals surface area contributed by atoms with E-state index in [1.165, 1.54) is 11.1 Å². The molecule has 0 spiro atoms. The van der Waals surface area contributed by atoms with Crippen LogP contribution in [0.2, 0.25) is 0 Å². The van der Waals surface area contributed by atoms with E-state index in [2.05, 4.69) is 25.8 Å². The highest BCUT2D eigenvalue weighted by Crippen LogP contribution is 2.22. The molecular weight excluding hydrogens is 358 g/mol. The topological polar surface area (TPSA) is 78.8 Å². The molecule has 0 saturated carbocycles. The Balaban J connectivity index is 2.15. The van der Waals surface area contributed by atoms with Crippen LogP contribution in [-0.4, -0.2) is 31.7 Å². The minimum Gasteiger partial charge on any atom is -0.246 e. The van der Waals surface area contributed by atoms with Gasteiger partial charge >= 0.3 is 6.03 Å². The van der Waals surface area contributed by atoms with Crippen LogP contribution in [0.4, 0.5) is 4.79 Å². The molecule has 1 heterocycles. The number of carbonyl (C=O) groups excluding carboxylic acids is 1. The fraction of sp³-hybridized carbons (Fsp3) is 0.385. The third-order valence-electron chi connectivity index (χ3n) is 3.11. The molecule has 0 saturated heterocycles. The average Bonchev–Trinajstić information content (AvgIpc) is 2.87. The van der Waals surface area contributed by atoms with E-state index in [0.29, 0.717) is 10.9 Å². The van der Waals surface area contributed by atoms with Gasteiger partial charge in [0, 0.05) is 17.1 Å². The van der Waals surface area contributed by atoms with Crippen LogP contribution in [0.1, 0.15) is 26.2 Å². The number of nitrogens with one attached hydrogen (secondary N) is 1. The number of sulfonamides is 1. The van der Waals surface area contributed by atoms with Crippen LogP contribution in [0.5, 0.6) is 0 Å². The van der Waals surface area contributed by atoms with E-state index in [-0.39, 0.29) is 10.9 Å². The number of nitrogens with zero attached hydrogens (tertiary/aromatic N) is 2. The van der Waals surface area contributed by atoms with Crippen LogP contribution in [0.15, 0.2) is 38.7 Å². The smallest absolute Gasteiger partial charge is 0.246 e. The van der Waals surface area contributed by atoms with Gasteiger partial charge in [-0.15, -0.1) is 0 Å². The van der Waals surface area contributed by atoms with Crippen molar-refractivity contribution >= 4 is 38.2 Å². The quantitative estimate of drug-likeness (QED) is 0.880. The number of halogens is 1. The molecule has 2 amide bonds. The van der Waals surface area contributed by atoms with E-state index in [1.807, 2.05) is 6.92 Å². The van der Waals surface area contributed by atoms with Crippen molar-refractivity contribution in [2.45, 2.75) is 37.1 Å². The first-order chi connectivity index (χ1) is 9.95. The summed E-state index contributed by atoms with van der Waals surface area (Å²) >= 11 is 3.17. The summed E-state index contributed by atoms with van der Waals surface area (Å²) in [4.78, 5) is 12.2. The fourth-order valence-corrected chi connectivity index (χ4v) is 4.06. The second-order valence-corrected chi connectivity index (χ2v) is 7.17. The number of benzene rings is 1. The molecule has 0 fully saturated rings. The van der Waals surface area contributed by atoms with Crippen molar-refractivity contribution in [1.29, 1.82) is 0 Å². The summed E-state index contributed by atoms with van der Waals surface area (Å²) in [6.07, 6.45) is 3.96. The Morgan fingerprint density at radius 2 is 2.19 bits per heavy atom. The number of carbonyl (C=O) groups is 1. The lowest BCUT2D eigenvalue weighted by Crippen LogP contribution is -2.43. The van der Waals surface area contributed by atoms with Gasteiger partial charge in [-0.25, -0.2) is 22.9 Å². The van der Waals surface area contributed by atoms with Gasteiger partial charge in [-0.2, -0.15) is 5.10 Å². The Hall–Kier alpha value is -1.41. The van der Waals surface area contributed by atoms with Gasteiger partial charge in [-0.05, 0) is 34.5 Å². The molecule has 6 nitrogen and oxygen atoms in total. The number of amides is 2. The van der Waals surface area contributed by atoms with Crippen molar-refractivity contribution in [3.8, 4) is 0 Å². The van der Waals surface area contributed by atoms with Gasteiger partial charge in [0.2, 0.25) is 0 Å². The van der Waals surface area contributed by atoms with Crippen molar-refractivity contribution in [2.24, 2.45) is 5.10 Å². The summed E-state index contributed by atoms with van der Waals surface area (Å²) < 4.78 is 27.0. The monoisotopic (exact) mass is 373 g/mol. The zero-order valence-corrected chi connectivity index (χ0v) is 13.9. The molecule has 1 atom stereocenters. The predicted molar refractivity (Wildman–Crippen MR) is 83.5 cm³/mol. The highest BCUT2D eigenvalue weighted by molar-refractivity contribution is 9.10. The maximum atomic E-state index is 12.2. The van der Waals surface area contributed by atoms with E-state index >= 15 is 0 Å². The molecule has 114 valence electrons. The van der Waals surface area contributed by atoms with E-state index in [4.69, 9.17) is 0 Å². The molecule has 0 aromatic heterocycles. The van der Waals surface area contributed by atoms with Crippen LogP contribution in [0.25, 0.3) is 0 Å². The Morgan fingerprint density at radius 3 is 2.86 bits per heavy atom. The van der Waals surface area contributed by atoms with Gasteiger partial charge in [0.25, 0.3) is 10.0 Å². The Labute approximate surface area is 132 Å². The highest BCUT2D eigenvalue weighted by atomic mass is 79.9. The van der Waals surface area contributed by atoms with E-state index < -0.39 is 16.1 Å². The molecular formula is C13H16BrN3O3S. The van der Waals surface area contributed by atoms with Crippen LogP contribution in [0.3, 0.4) is 0 Å². The average molecular weight is 374 g/mol. The molecule has 0 aliphatic carbocycles. The molecule has 0 radical (unpaired) electrons. The molecule has 0 bridgehead atoms. The summed E-state index contributed by atoms with van der Waals surface area (Å²) in [7, 11) is -3.93.